The lowest BCUT2D eigenvalue weighted by Gasteiger charge is -2.01. The molecular weight excluding hydrogens is 258 g/mol. The summed E-state index contributed by atoms with van der Waals surface area (Å²) in [6, 6.07) is 10.0. The zero-order valence-corrected chi connectivity index (χ0v) is 11.1. The van der Waals surface area contributed by atoms with Crippen LogP contribution in [0.4, 0.5) is 0 Å². The Balaban J connectivity index is 1.72. The van der Waals surface area contributed by atoms with Crippen molar-refractivity contribution in [3.05, 3.63) is 36.7 Å². The van der Waals surface area contributed by atoms with Gasteiger partial charge in [-0.25, -0.2) is 4.68 Å². The van der Waals surface area contributed by atoms with Crippen molar-refractivity contribution in [2.24, 2.45) is 0 Å². The van der Waals surface area contributed by atoms with Gasteiger partial charge in [0.1, 0.15) is 6.33 Å². The highest BCUT2D eigenvalue weighted by Crippen LogP contribution is 2.09. The first kappa shape index (κ1) is 14.0. The summed E-state index contributed by atoms with van der Waals surface area (Å²) in [5, 5.41) is 12.7. The second-order valence-electron chi connectivity index (χ2n) is 4.36. The molecule has 106 valence electrons. The van der Waals surface area contributed by atoms with Crippen LogP contribution in [0.5, 0.6) is 6.01 Å². The van der Waals surface area contributed by atoms with Crippen molar-refractivity contribution in [1.29, 1.82) is 0 Å². The number of para-hydroxylation sites is 1. The van der Waals surface area contributed by atoms with Crippen LogP contribution in [-0.2, 0) is 4.79 Å². The minimum atomic E-state index is -0.755. The van der Waals surface area contributed by atoms with Crippen molar-refractivity contribution in [1.82, 2.24) is 14.8 Å². The van der Waals surface area contributed by atoms with Crippen LogP contribution >= 0.6 is 0 Å². The predicted octanol–water partition coefficient (Wildman–Crippen LogP) is 2.29. The average Bonchev–Trinajstić information content (AvgIpc) is 2.92. The number of unbranched alkanes of at least 4 members (excludes halogenated alkanes) is 2. The summed E-state index contributed by atoms with van der Waals surface area (Å²) in [6.45, 7) is 0.498. The fourth-order valence-corrected chi connectivity index (χ4v) is 1.74. The number of aromatic nitrogens is 3. The third-order valence-corrected chi connectivity index (χ3v) is 2.76. The highest BCUT2D eigenvalue weighted by molar-refractivity contribution is 5.66. The van der Waals surface area contributed by atoms with E-state index in [9.17, 15) is 4.79 Å². The molecule has 0 amide bonds. The van der Waals surface area contributed by atoms with Crippen LogP contribution in [0.2, 0.25) is 0 Å². The van der Waals surface area contributed by atoms with E-state index in [0.29, 0.717) is 19.0 Å². The minimum absolute atomic E-state index is 0.209. The number of hydrogen-bond acceptors (Lipinski definition) is 4. The van der Waals surface area contributed by atoms with Gasteiger partial charge in [-0.2, -0.15) is 4.98 Å². The fraction of sp³-hybridized carbons (Fsp3) is 0.357. The average molecular weight is 275 g/mol. The largest absolute Gasteiger partial charge is 0.481 e. The van der Waals surface area contributed by atoms with Gasteiger partial charge < -0.3 is 9.84 Å². The van der Waals surface area contributed by atoms with Crippen molar-refractivity contribution in [2.45, 2.75) is 25.7 Å². The maximum atomic E-state index is 10.3. The first-order chi connectivity index (χ1) is 9.75. The van der Waals surface area contributed by atoms with Crippen molar-refractivity contribution >= 4 is 5.97 Å². The van der Waals surface area contributed by atoms with Gasteiger partial charge in [-0.15, -0.1) is 5.10 Å². The molecule has 0 atom stereocenters. The van der Waals surface area contributed by atoms with Gasteiger partial charge >= 0.3 is 12.0 Å². The molecule has 0 bridgehead atoms. The van der Waals surface area contributed by atoms with E-state index in [4.69, 9.17) is 9.84 Å². The van der Waals surface area contributed by atoms with E-state index >= 15 is 0 Å². The Bertz CT molecular complexity index is 540. The van der Waals surface area contributed by atoms with E-state index in [1.807, 2.05) is 30.3 Å². The van der Waals surface area contributed by atoms with E-state index in [2.05, 4.69) is 10.1 Å². The van der Waals surface area contributed by atoms with Gasteiger partial charge in [0.25, 0.3) is 0 Å². The van der Waals surface area contributed by atoms with Crippen LogP contribution in [-0.4, -0.2) is 32.4 Å². The third-order valence-electron chi connectivity index (χ3n) is 2.76. The van der Waals surface area contributed by atoms with Crippen LogP contribution in [0.3, 0.4) is 0 Å². The van der Waals surface area contributed by atoms with Crippen LogP contribution in [0, 0.1) is 0 Å². The van der Waals surface area contributed by atoms with Crippen molar-refractivity contribution in [2.75, 3.05) is 6.61 Å². The molecule has 0 aliphatic carbocycles. The SMILES string of the molecule is O=C(O)CCCCCOc1ncn(-c2ccccc2)n1. The molecular formula is C14H17N3O3. The first-order valence-corrected chi connectivity index (χ1v) is 6.57. The number of aliphatic carboxylic acids is 1. The molecule has 6 heteroatoms. The number of carboxylic acids is 1. The normalized spacial score (nSPS) is 10.4. The lowest BCUT2D eigenvalue weighted by molar-refractivity contribution is -0.137. The molecule has 0 spiro atoms. The Morgan fingerprint density at radius 2 is 2.00 bits per heavy atom. The van der Waals surface area contributed by atoms with Crippen LogP contribution in [0.15, 0.2) is 36.7 Å². The molecule has 1 N–H and O–H groups in total. The fourth-order valence-electron chi connectivity index (χ4n) is 1.74. The predicted molar refractivity (Wildman–Crippen MR) is 73.0 cm³/mol. The number of rotatable bonds is 8. The molecule has 0 fully saturated rings. The van der Waals surface area contributed by atoms with Gasteiger partial charge in [-0.05, 0) is 31.4 Å². The van der Waals surface area contributed by atoms with Crippen LogP contribution in [0.25, 0.3) is 5.69 Å². The van der Waals surface area contributed by atoms with Gasteiger partial charge in [0.05, 0.1) is 12.3 Å². The number of benzene rings is 1. The van der Waals surface area contributed by atoms with E-state index in [1.165, 1.54) is 0 Å². The van der Waals surface area contributed by atoms with E-state index in [0.717, 1.165) is 18.5 Å². The van der Waals surface area contributed by atoms with Crippen molar-refractivity contribution < 1.29 is 14.6 Å². The zero-order valence-electron chi connectivity index (χ0n) is 11.1. The second kappa shape index (κ2) is 7.28. The second-order valence-corrected chi connectivity index (χ2v) is 4.36. The van der Waals surface area contributed by atoms with Crippen LogP contribution < -0.4 is 4.74 Å². The summed E-state index contributed by atoms with van der Waals surface area (Å²) in [4.78, 5) is 14.4. The van der Waals surface area contributed by atoms with E-state index < -0.39 is 5.97 Å². The zero-order chi connectivity index (χ0) is 14.2. The number of ether oxygens (including phenoxy) is 1. The molecule has 0 radical (unpaired) electrons. The van der Waals surface area contributed by atoms with Gasteiger partial charge in [-0.1, -0.05) is 18.2 Å². The number of carbonyl (C=O) groups is 1. The summed E-state index contributed by atoms with van der Waals surface area (Å²) in [6.07, 6.45) is 4.11. The van der Waals surface area contributed by atoms with Crippen LogP contribution in [0.1, 0.15) is 25.7 Å². The molecule has 1 aromatic carbocycles. The van der Waals surface area contributed by atoms with Gasteiger partial charge in [-0.3, -0.25) is 4.79 Å². The molecule has 0 saturated carbocycles. The number of carboxylic acid groups (broad SMARTS) is 1. The van der Waals surface area contributed by atoms with Gasteiger partial charge in [0.15, 0.2) is 0 Å². The summed E-state index contributed by atoms with van der Waals surface area (Å²) in [5.74, 6) is -0.755. The summed E-state index contributed by atoms with van der Waals surface area (Å²) < 4.78 is 7.08. The number of nitrogens with zero attached hydrogens (tertiary/aromatic N) is 3. The quantitative estimate of drug-likeness (QED) is 0.748. The summed E-state index contributed by atoms with van der Waals surface area (Å²) >= 11 is 0. The maximum Gasteiger partial charge on any atom is 0.335 e. The molecule has 2 rings (SSSR count). The monoisotopic (exact) mass is 275 g/mol. The third kappa shape index (κ3) is 4.38. The molecule has 6 nitrogen and oxygen atoms in total. The Labute approximate surface area is 117 Å². The standard InChI is InChI=1S/C14H17N3O3/c18-13(19)9-5-2-6-10-20-14-15-11-17(16-14)12-7-3-1-4-8-12/h1,3-4,7-8,11H,2,5-6,9-10H2,(H,18,19). The summed E-state index contributed by atoms with van der Waals surface area (Å²) in [7, 11) is 0. The van der Waals surface area contributed by atoms with Crippen molar-refractivity contribution in [3.63, 3.8) is 0 Å². The molecule has 20 heavy (non-hydrogen) atoms. The molecule has 0 saturated heterocycles. The molecule has 0 aliphatic rings. The topological polar surface area (TPSA) is 77.2 Å². The molecule has 1 heterocycles. The van der Waals surface area contributed by atoms with Crippen molar-refractivity contribution in [3.8, 4) is 11.7 Å². The van der Waals surface area contributed by atoms with Gasteiger partial charge in [0.2, 0.25) is 0 Å². The Morgan fingerprint density at radius 1 is 1.20 bits per heavy atom. The van der Waals surface area contributed by atoms with Gasteiger partial charge in [0, 0.05) is 6.42 Å². The lowest BCUT2D eigenvalue weighted by atomic mass is 10.2. The first-order valence-electron chi connectivity index (χ1n) is 6.57. The molecule has 1 aromatic heterocycles. The minimum Gasteiger partial charge on any atom is -0.481 e. The molecule has 2 aromatic rings. The number of hydrogen-bond donors (Lipinski definition) is 1. The Hall–Kier alpha value is -2.37. The van der Waals surface area contributed by atoms with E-state index in [1.54, 1.807) is 11.0 Å². The summed E-state index contributed by atoms with van der Waals surface area (Å²) in [5.41, 5.74) is 0.927. The lowest BCUT2D eigenvalue weighted by Crippen LogP contribution is -2.01. The molecule has 0 unspecified atom stereocenters. The maximum absolute atomic E-state index is 10.3. The highest BCUT2D eigenvalue weighted by atomic mass is 16.5. The highest BCUT2D eigenvalue weighted by Gasteiger charge is 2.03. The Morgan fingerprint density at radius 3 is 2.75 bits per heavy atom. The molecule has 0 aliphatic heterocycles. The Kier molecular flexibility index (Phi) is 5.11. The smallest absolute Gasteiger partial charge is 0.335 e. The van der Waals surface area contributed by atoms with E-state index in [-0.39, 0.29) is 6.42 Å².